The SMILES string of the molecule is CS(=O)(=O)NCc1cc(F)cc(-c2ccnc3[nH]c(-c4n[nH]c5ccc(-c6cccnc6)c(F)c45)nc23)c1. The molecule has 4 heterocycles. The number of halogens is 2. The van der Waals surface area contributed by atoms with Gasteiger partial charge in [-0.25, -0.2) is 31.9 Å². The van der Waals surface area contributed by atoms with Gasteiger partial charge in [-0.1, -0.05) is 6.07 Å². The Balaban J connectivity index is 1.46. The number of hydrogen-bond acceptors (Lipinski definition) is 6. The van der Waals surface area contributed by atoms with Crippen LogP contribution in [-0.4, -0.2) is 44.8 Å². The van der Waals surface area contributed by atoms with Gasteiger partial charge in [0.15, 0.2) is 11.5 Å². The molecular formula is C26H19F2N7O2S. The van der Waals surface area contributed by atoms with Crippen LogP contribution in [0.4, 0.5) is 8.78 Å². The van der Waals surface area contributed by atoms with Crippen LogP contribution in [0.1, 0.15) is 5.56 Å². The van der Waals surface area contributed by atoms with E-state index in [-0.39, 0.29) is 23.4 Å². The number of H-pyrrole nitrogens is 2. The van der Waals surface area contributed by atoms with E-state index in [9.17, 15) is 12.8 Å². The molecule has 0 saturated carbocycles. The highest BCUT2D eigenvalue weighted by molar-refractivity contribution is 7.88. The lowest BCUT2D eigenvalue weighted by atomic mass is 10.0. The zero-order valence-corrected chi connectivity index (χ0v) is 20.6. The van der Waals surface area contributed by atoms with Gasteiger partial charge in [-0.15, -0.1) is 0 Å². The summed E-state index contributed by atoms with van der Waals surface area (Å²) in [6, 6.07) is 12.8. The van der Waals surface area contributed by atoms with Crippen LogP contribution in [0.15, 0.2) is 67.1 Å². The molecule has 0 amide bonds. The van der Waals surface area contributed by atoms with Crippen LogP contribution in [0.25, 0.3) is 55.8 Å². The predicted octanol–water partition coefficient (Wildman–Crippen LogP) is 4.56. The van der Waals surface area contributed by atoms with Crippen molar-refractivity contribution in [2.24, 2.45) is 0 Å². The van der Waals surface area contributed by atoms with Crippen molar-refractivity contribution in [3.8, 4) is 33.8 Å². The third kappa shape index (κ3) is 4.40. The normalized spacial score (nSPS) is 12.0. The Hall–Kier alpha value is -4.55. The standard InChI is InChI=1S/C26H19F2N7O2S/c1-38(36,37)31-12-14-9-16(11-17(27)10-14)19-6-8-30-25-23(19)32-26(33-25)24-21-20(34-35-24)5-4-18(22(21)28)15-3-2-7-29-13-15/h2-11,13,31H,12H2,1H3,(H,34,35)(H,30,32,33). The van der Waals surface area contributed by atoms with E-state index in [2.05, 4.69) is 34.9 Å². The van der Waals surface area contributed by atoms with Gasteiger partial charge in [-0.2, -0.15) is 5.10 Å². The van der Waals surface area contributed by atoms with Crippen molar-refractivity contribution in [1.29, 1.82) is 0 Å². The summed E-state index contributed by atoms with van der Waals surface area (Å²) >= 11 is 0. The molecule has 4 aromatic heterocycles. The van der Waals surface area contributed by atoms with Gasteiger partial charge < -0.3 is 4.98 Å². The molecule has 0 fully saturated rings. The van der Waals surface area contributed by atoms with Crippen LogP contribution in [-0.2, 0) is 16.6 Å². The Morgan fingerprint density at radius 2 is 1.87 bits per heavy atom. The van der Waals surface area contributed by atoms with Gasteiger partial charge in [0, 0.05) is 41.8 Å². The maximum atomic E-state index is 15.7. The topological polar surface area (TPSA) is 129 Å². The summed E-state index contributed by atoms with van der Waals surface area (Å²) in [6.45, 7) is -0.0680. The number of pyridine rings is 2. The fourth-order valence-corrected chi connectivity index (χ4v) is 4.80. The summed E-state index contributed by atoms with van der Waals surface area (Å²) in [5.74, 6) is -0.721. The molecular weight excluding hydrogens is 512 g/mol. The lowest BCUT2D eigenvalue weighted by molar-refractivity contribution is 0.586. The molecule has 6 rings (SSSR count). The minimum atomic E-state index is -3.46. The molecule has 38 heavy (non-hydrogen) atoms. The van der Waals surface area contributed by atoms with Crippen LogP contribution in [0.2, 0.25) is 0 Å². The highest BCUT2D eigenvalue weighted by atomic mass is 32.2. The van der Waals surface area contributed by atoms with Gasteiger partial charge >= 0.3 is 0 Å². The lowest BCUT2D eigenvalue weighted by Gasteiger charge is -2.08. The number of fused-ring (bicyclic) bond motifs is 2. The maximum Gasteiger partial charge on any atom is 0.209 e. The van der Waals surface area contributed by atoms with Crippen molar-refractivity contribution in [3.63, 3.8) is 0 Å². The first-order valence-electron chi connectivity index (χ1n) is 11.4. The second kappa shape index (κ2) is 9.08. The first-order valence-corrected chi connectivity index (χ1v) is 13.3. The Labute approximate surface area is 215 Å². The molecule has 12 heteroatoms. The molecule has 0 aliphatic heterocycles. The van der Waals surface area contributed by atoms with Crippen LogP contribution >= 0.6 is 0 Å². The van der Waals surface area contributed by atoms with E-state index in [1.165, 1.54) is 12.1 Å². The molecule has 0 bridgehead atoms. The molecule has 0 unspecified atom stereocenters. The highest BCUT2D eigenvalue weighted by Gasteiger charge is 2.21. The Morgan fingerprint density at radius 3 is 2.66 bits per heavy atom. The van der Waals surface area contributed by atoms with Crippen molar-refractivity contribution in [1.82, 2.24) is 34.9 Å². The fraction of sp³-hybridized carbons (Fsp3) is 0.0769. The quantitative estimate of drug-likeness (QED) is 0.289. The lowest BCUT2D eigenvalue weighted by Crippen LogP contribution is -2.21. The number of hydrogen-bond donors (Lipinski definition) is 3. The number of sulfonamides is 1. The molecule has 0 atom stereocenters. The molecule has 0 spiro atoms. The van der Waals surface area contributed by atoms with Crippen LogP contribution in [0, 0.1) is 11.6 Å². The van der Waals surface area contributed by atoms with E-state index in [0.29, 0.717) is 44.5 Å². The van der Waals surface area contributed by atoms with Gasteiger partial charge in [-0.05, 0) is 53.6 Å². The minimum Gasteiger partial charge on any atom is -0.321 e. The molecule has 3 N–H and O–H groups in total. The van der Waals surface area contributed by atoms with Crippen molar-refractivity contribution < 1.29 is 17.2 Å². The second-order valence-electron chi connectivity index (χ2n) is 8.75. The average Bonchev–Trinajstić information content (AvgIpc) is 3.52. The summed E-state index contributed by atoms with van der Waals surface area (Å²) in [6.07, 6.45) is 5.78. The summed E-state index contributed by atoms with van der Waals surface area (Å²) in [7, 11) is -3.46. The Kier molecular flexibility index (Phi) is 5.69. The Bertz CT molecular complexity index is 1940. The van der Waals surface area contributed by atoms with Gasteiger partial charge in [0.05, 0.1) is 17.2 Å². The third-order valence-corrected chi connectivity index (χ3v) is 6.72. The van der Waals surface area contributed by atoms with E-state index in [0.717, 1.165) is 6.26 Å². The van der Waals surface area contributed by atoms with E-state index >= 15 is 4.39 Å². The van der Waals surface area contributed by atoms with Gasteiger partial charge in [0.25, 0.3) is 0 Å². The second-order valence-corrected chi connectivity index (χ2v) is 10.6. The fourth-order valence-electron chi connectivity index (χ4n) is 4.37. The zero-order valence-electron chi connectivity index (χ0n) is 19.8. The number of aromatic nitrogens is 6. The van der Waals surface area contributed by atoms with Crippen LogP contribution < -0.4 is 4.72 Å². The summed E-state index contributed by atoms with van der Waals surface area (Å²) in [5, 5.41) is 7.41. The largest absolute Gasteiger partial charge is 0.321 e. The average molecular weight is 532 g/mol. The van der Waals surface area contributed by atoms with E-state index in [4.69, 9.17) is 0 Å². The number of nitrogens with zero attached hydrogens (tertiary/aromatic N) is 4. The number of rotatable bonds is 6. The number of imidazole rings is 1. The zero-order chi connectivity index (χ0) is 26.4. The smallest absolute Gasteiger partial charge is 0.209 e. The summed E-state index contributed by atoms with van der Waals surface area (Å²) < 4.78 is 55.6. The first kappa shape index (κ1) is 23.8. The Morgan fingerprint density at radius 1 is 1.00 bits per heavy atom. The summed E-state index contributed by atoms with van der Waals surface area (Å²) in [4.78, 5) is 16.2. The van der Waals surface area contributed by atoms with Gasteiger partial charge in [0.1, 0.15) is 22.8 Å². The van der Waals surface area contributed by atoms with Crippen molar-refractivity contribution in [2.45, 2.75) is 6.54 Å². The number of benzene rings is 2. The molecule has 0 saturated heterocycles. The van der Waals surface area contributed by atoms with Crippen LogP contribution in [0.5, 0.6) is 0 Å². The van der Waals surface area contributed by atoms with Crippen molar-refractivity contribution >= 4 is 32.1 Å². The first-order chi connectivity index (χ1) is 18.3. The van der Waals surface area contributed by atoms with Crippen molar-refractivity contribution in [2.75, 3.05) is 6.26 Å². The highest BCUT2D eigenvalue weighted by Crippen LogP contribution is 2.35. The maximum absolute atomic E-state index is 15.7. The number of nitrogens with one attached hydrogen (secondary N) is 3. The molecule has 0 aliphatic carbocycles. The molecule has 190 valence electrons. The van der Waals surface area contributed by atoms with Crippen molar-refractivity contribution in [3.05, 3.63) is 84.3 Å². The molecule has 2 aromatic carbocycles. The third-order valence-electron chi connectivity index (χ3n) is 6.06. The number of aromatic amines is 2. The minimum absolute atomic E-state index is 0.0680. The molecule has 9 nitrogen and oxygen atoms in total. The molecule has 6 aromatic rings. The van der Waals surface area contributed by atoms with Gasteiger partial charge in [-0.3, -0.25) is 10.1 Å². The monoisotopic (exact) mass is 531 g/mol. The van der Waals surface area contributed by atoms with E-state index < -0.39 is 21.7 Å². The molecule has 0 aliphatic rings. The van der Waals surface area contributed by atoms with E-state index in [1.807, 2.05) is 0 Å². The molecule has 0 radical (unpaired) electrons. The van der Waals surface area contributed by atoms with Crippen LogP contribution in [0.3, 0.4) is 0 Å². The van der Waals surface area contributed by atoms with Gasteiger partial charge in [0.2, 0.25) is 10.0 Å². The predicted molar refractivity (Wildman–Crippen MR) is 139 cm³/mol. The van der Waals surface area contributed by atoms with E-state index in [1.54, 1.807) is 55.0 Å². The summed E-state index contributed by atoms with van der Waals surface area (Å²) in [5.41, 5.74) is 4.07.